The summed E-state index contributed by atoms with van der Waals surface area (Å²) in [6.07, 6.45) is 6.99. The highest BCUT2D eigenvalue weighted by atomic mass is 16.2. The zero-order valence-electron chi connectivity index (χ0n) is 8.52. The Morgan fingerprint density at radius 2 is 2.20 bits per heavy atom. The van der Waals surface area contributed by atoms with Crippen LogP contribution < -0.4 is 5.32 Å². The molecular formula is C10H14N4O. The van der Waals surface area contributed by atoms with E-state index in [0.29, 0.717) is 12.4 Å². The molecule has 0 bridgehead atoms. The summed E-state index contributed by atoms with van der Waals surface area (Å²) in [6, 6.07) is 0. The lowest BCUT2D eigenvalue weighted by molar-refractivity contribution is 0.0924. The molecule has 80 valence electrons. The summed E-state index contributed by atoms with van der Waals surface area (Å²) in [4.78, 5) is 21.6. The van der Waals surface area contributed by atoms with E-state index in [9.17, 15) is 4.79 Å². The predicted molar refractivity (Wildman–Crippen MR) is 55.2 cm³/mol. The van der Waals surface area contributed by atoms with E-state index < -0.39 is 0 Å². The molecule has 1 aromatic heterocycles. The van der Waals surface area contributed by atoms with Crippen LogP contribution in [-0.4, -0.2) is 40.5 Å². The fraction of sp³-hybridized carbons (Fsp3) is 0.500. The van der Waals surface area contributed by atoms with Crippen molar-refractivity contribution < 1.29 is 4.79 Å². The first-order chi connectivity index (χ1) is 7.36. The lowest BCUT2D eigenvalue weighted by atomic mass is 10.4. The van der Waals surface area contributed by atoms with Crippen molar-refractivity contribution in [1.82, 2.24) is 20.2 Å². The number of hydrogen-bond acceptors (Lipinski definition) is 4. The number of nitrogens with zero attached hydrogens (tertiary/aromatic N) is 3. The van der Waals surface area contributed by atoms with E-state index in [0.717, 1.165) is 13.1 Å². The van der Waals surface area contributed by atoms with Crippen LogP contribution in [0.3, 0.4) is 0 Å². The molecule has 1 aliphatic rings. The second-order valence-electron chi connectivity index (χ2n) is 3.58. The van der Waals surface area contributed by atoms with Crippen LogP contribution in [0.4, 0.5) is 0 Å². The van der Waals surface area contributed by atoms with Gasteiger partial charge in [0, 0.05) is 12.4 Å². The normalized spacial score (nSPS) is 16.5. The van der Waals surface area contributed by atoms with Crippen molar-refractivity contribution >= 4 is 5.91 Å². The highest BCUT2D eigenvalue weighted by molar-refractivity contribution is 5.91. The fourth-order valence-corrected chi connectivity index (χ4v) is 1.63. The quantitative estimate of drug-likeness (QED) is 0.770. The first-order valence-electron chi connectivity index (χ1n) is 5.13. The van der Waals surface area contributed by atoms with Crippen LogP contribution >= 0.6 is 0 Å². The topological polar surface area (TPSA) is 58.1 Å². The monoisotopic (exact) mass is 206 g/mol. The standard InChI is InChI=1S/C10H14N4O/c15-10(9-7-11-3-4-12-9)13-8-14-5-1-2-6-14/h3-4,7H,1-2,5-6,8H2,(H,13,15). The van der Waals surface area contributed by atoms with Gasteiger partial charge in [0.1, 0.15) is 5.69 Å². The minimum atomic E-state index is -0.157. The number of nitrogens with one attached hydrogen (secondary N) is 1. The molecule has 1 aromatic rings. The van der Waals surface area contributed by atoms with Crippen LogP contribution in [0.25, 0.3) is 0 Å². The van der Waals surface area contributed by atoms with Gasteiger partial charge in [0.2, 0.25) is 0 Å². The van der Waals surface area contributed by atoms with Crippen LogP contribution in [0.5, 0.6) is 0 Å². The molecule has 0 saturated carbocycles. The summed E-state index contributed by atoms with van der Waals surface area (Å²) in [7, 11) is 0. The molecule has 0 aliphatic carbocycles. The van der Waals surface area contributed by atoms with Gasteiger partial charge in [0.05, 0.1) is 12.9 Å². The first-order valence-corrected chi connectivity index (χ1v) is 5.13. The highest BCUT2D eigenvalue weighted by Gasteiger charge is 2.13. The minimum Gasteiger partial charge on any atom is -0.338 e. The van der Waals surface area contributed by atoms with Crippen LogP contribution in [-0.2, 0) is 0 Å². The molecule has 2 rings (SSSR count). The first kappa shape index (κ1) is 10.0. The third-order valence-electron chi connectivity index (χ3n) is 2.46. The van der Waals surface area contributed by atoms with Crippen LogP contribution in [0, 0.1) is 0 Å². The van der Waals surface area contributed by atoms with Gasteiger partial charge in [0.25, 0.3) is 5.91 Å². The van der Waals surface area contributed by atoms with Gasteiger partial charge in [0.15, 0.2) is 0 Å². The molecule has 1 saturated heterocycles. The number of rotatable bonds is 3. The molecule has 1 fully saturated rings. The Morgan fingerprint density at radius 1 is 1.40 bits per heavy atom. The number of hydrogen-bond donors (Lipinski definition) is 1. The Balaban J connectivity index is 1.82. The van der Waals surface area contributed by atoms with E-state index >= 15 is 0 Å². The van der Waals surface area contributed by atoms with Crippen molar-refractivity contribution in [3.8, 4) is 0 Å². The molecule has 1 N–H and O–H groups in total. The average molecular weight is 206 g/mol. The Labute approximate surface area is 88.5 Å². The summed E-state index contributed by atoms with van der Waals surface area (Å²) in [5.74, 6) is -0.157. The van der Waals surface area contributed by atoms with E-state index in [1.807, 2.05) is 0 Å². The van der Waals surface area contributed by atoms with Gasteiger partial charge in [-0.1, -0.05) is 0 Å². The zero-order valence-corrected chi connectivity index (χ0v) is 8.52. The molecule has 2 heterocycles. The summed E-state index contributed by atoms with van der Waals surface area (Å²) in [6.45, 7) is 2.75. The van der Waals surface area contributed by atoms with Crippen molar-refractivity contribution in [2.24, 2.45) is 0 Å². The van der Waals surface area contributed by atoms with Crippen molar-refractivity contribution in [1.29, 1.82) is 0 Å². The Morgan fingerprint density at radius 3 is 2.87 bits per heavy atom. The lowest BCUT2D eigenvalue weighted by Crippen LogP contribution is -2.36. The van der Waals surface area contributed by atoms with Gasteiger partial charge in [-0.2, -0.15) is 0 Å². The predicted octanol–water partition coefficient (Wildman–Crippen LogP) is 0.260. The summed E-state index contributed by atoms with van der Waals surface area (Å²) >= 11 is 0. The Hall–Kier alpha value is -1.49. The van der Waals surface area contributed by atoms with Crippen LogP contribution in [0.2, 0.25) is 0 Å². The number of carbonyl (C=O) groups excluding carboxylic acids is 1. The maximum Gasteiger partial charge on any atom is 0.272 e. The molecule has 5 nitrogen and oxygen atoms in total. The molecule has 0 spiro atoms. The van der Waals surface area contributed by atoms with Crippen LogP contribution in [0.15, 0.2) is 18.6 Å². The zero-order chi connectivity index (χ0) is 10.5. The molecule has 1 aliphatic heterocycles. The number of aromatic nitrogens is 2. The number of likely N-dealkylation sites (tertiary alicyclic amines) is 1. The SMILES string of the molecule is O=C(NCN1CCCC1)c1cnccn1. The molecule has 15 heavy (non-hydrogen) atoms. The van der Waals surface area contributed by atoms with E-state index in [1.165, 1.54) is 25.2 Å². The van der Waals surface area contributed by atoms with Crippen molar-refractivity contribution in [2.45, 2.75) is 12.8 Å². The van der Waals surface area contributed by atoms with Gasteiger partial charge in [-0.15, -0.1) is 0 Å². The minimum absolute atomic E-state index is 0.157. The van der Waals surface area contributed by atoms with Gasteiger partial charge in [-0.25, -0.2) is 4.98 Å². The highest BCUT2D eigenvalue weighted by Crippen LogP contribution is 2.05. The van der Waals surface area contributed by atoms with E-state index in [2.05, 4.69) is 20.2 Å². The molecule has 5 heteroatoms. The Bertz CT molecular complexity index is 321. The second kappa shape index (κ2) is 4.84. The summed E-state index contributed by atoms with van der Waals surface area (Å²) in [5, 5.41) is 2.83. The number of carbonyl (C=O) groups is 1. The van der Waals surface area contributed by atoms with Crippen LogP contribution in [0.1, 0.15) is 23.3 Å². The molecule has 1 amide bonds. The van der Waals surface area contributed by atoms with Crippen molar-refractivity contribution in [3.63, 3.8) is 0 Å². The van der Waals surface area contributed by atoms with Crippen molar-refractivity contribution in [2.75, 3.05) is 19.8 Å². The molecule has 0 atom stereocenters. The van der Waals surface area contributed by atoms with E-state index in [-0.39, 0.29) is 5.91 Å². The van der Waals surface area contributed by atoms with Gasteiger partial charge < -0.3 is 5.32 Å². The maximum absolute atomic E-state index is 11.6. The molecule has 0 unspecified atom stereocenters. The average Bonchev–Trinajstić information content (AvgIpc) is 2.80. The second-order valence-corrected chi connectivity index (χ2v) is 3.58. The van der Waals surface area contributed by atoms with Gasteiger partial charge >= 0.3 is 0 Å². The lowest BCUT2D eigenvalue weighted by Gasteiger charge is -2.14. The van der Waals surface area contributed by atoms with Gasteiger partial charge in [-0.3, -0.25) is 14.7 Å². The summed E-state index contributed by atoms with van der Waals surface area (Å²) in [5.41, 5.74) is 0.372. The maximum atomic E-state index is 11.6. The van der Waals surface area contributed by atoms with E-state index in [1.54, 1.807) is 6.20 Å². The molecule has 0 radical (unpaired) electrons. The third-order valence-corrected chi connectivity index (χ3v) is 2.46. The smallest absolute Gasteiger partial charge is 0.272 e. The summed E-state index contributed by atoms with van der Waals surface area (Å²) < 4.78 is 0. The van der Waals surface area contributed by atoms with E-state index in [4.69, 9.17) is 0 Å². The fourth-order valence-electron chi connectivity index (χ4n) is 1.63. The van der Waals surface area contributed by atoms with Crippen molar-refractivity contribution in [3.05, 3.63) is 24.3 Å². The largest absolute Gasteiger partial charge is 0.338 e. The molecule has 0 aromatic carbocycles. The van der Waals surface area contributed by atoms with Gasteiger partial charge in [-0.05, 0) is 25.9 Å². The Kier molecular flexibility index (Phi) is 3.24. The third kappa shape index (κ3) is 2.73. The molecular weight excluding hydrogens is 192 g/mol. The number of amides is 1.